The Kier molecular flexibility index (Phi) is 5.05. The van der Waals surface area contributed by atoms with Crippen molar-refractivity contribution in [2.75, 3.05) is 11.9 Å². The van der Waals surface area contributed by atoms with Gasteiger partial charge < -0.3 is 10.1 Å². The van der Waals surface area contributed by atoms with Crippen LogP contribution in [-0.4, -0.2) is 6.61 Å². The molecule has 2 rings (SSSR count). The molecule has 1 unspecified atom stereocenters. The molecule has 0 saturated heterocycles. The predicted molar refractivity (Wildman–Crippen MR) is 85.5 cm³/mol. The highest BCUT2D eigenvalue weighted by Crippen LogP contribution is 2.22. The number of benzene rings is 2. The Morgan fingerprint density at radius 1 is 0.950 bits per heavy atom. The largest absolute Gasteiger partial charge is 0.494 e. The van der Waals surface area contributed by atoms with Crippen LogP contribution in [0, 0.1) is 0 Å². The van der Waals surface area contributed by atoms with Crippen LogP contribution in [0.2, 0.25) is 0 Å². The molecule has 0 aliphatic heterocycles. The van der Waals surface area contributed by atoms with Crippen LogP contribution in [0.3, 0.4) is 0 Å². The Morgan fingerprint density at radius 3 is 2.15 bits per heavy atom. The van der Waals surface area contributed by atoms with Crippen molar-refractivity contribution in [2.45, 2.75) is 33.2 Å². The summed E-state index contributed by atoms with van der Waals surface area (Å²) in [6.45, 7) is 7.05. The van der Waals surface area contributed by atoms with E-state index < -0.39 is 0 Å². The zero-order chi connectivity index (χ0) is 14.4. The van der Waals surface area contributed by atoms with Gasteiger partial charge in [0.15, 0.2) is 0 Å². The van der Waals surface area contributed by atoms with E-state index >= 15 is 0 Å². The van der Waals surface area contributed by atoms with E-state index in [1.54, 1.807) is 0 Å². The van der Waals surface area contributed by atoms with Crippen LogP contribution >= 0.6 is 0 Å². The van der Waals surface area contributed by atoms with Crippen LogP contribution in [-0.2, 0) is 6.42 Å². The molecule has 106 valence electrons. The van der Waals surface area contributed by atoms with Crippen LogP contribution in [0.5, 0.6) is 5.75 Å². The van der Waals surface area contributed by atoms with Gasteiger partial charge in [-0.2, -0.15) is 0 Å². The molecule has 0 bridgehead atoms. The Bertz CT molecular complexity index is 516. The lowest BCUT2D eigenvalue weighted by Crippen LogP contribution is -2.06. The van der Waals surface area contributed by atoms with Crippen LogP contribution < -0.4 is 10.1 Å². The Labute approximate surface area is 121 Å². The lowest BCUT2D eigenvalue weighted by Gasteiger charge is -2.16. The van der Waals surface area contributed by atoms with E-state index in [2.05, 4.69) is 55.6 Å². The minimum atomic E-state index is 0.291. The molecule has 2 heteroatoms. The molecule has 1 N–H and O–H groups in total. The number of nitrogens with one attached hydrogen (secondary N) is 1. The smallest absolute Gasteiger partial charge is 0.119 e. The molecule has 2 aromatic carbocycles. The van der Waals surface area contributed by atoms with Crippen molar-refractivity contribution in [1.29, 1.82) is 0 Å². The van der Waals surface area contributed by atoms with Gasteiger partial charge in [0.05, 0.1) is 6.61 Å². The fourth-order valence-corrected chi connectivity index (χ4v) is 2.19. The topological polar surface area (TPSA) is 21.3 Å². The van der Waals surface area contributed by atoms with E-state index in [-0.39, 0.29) is 0 Å². The molecule has 2 nitrogen and oxygen atoms in total. The maximum Gasteiger partial charge on any atom is 0.119 e. The minimum Gasteiger partial charge on any atom is -0.494 e. The number of aryl methyl sites for hydroxylation is 1. The SMILES string of the molecule is CCOc1ccc(NC(C)c2ccc(CC)cc2)cc1. The first-order chi connectivity index (χ1) is 9.72. The third kappa shape index (κ3) is 3.77. The molecule has 20 heavy (non-hydrogen) atoms. The summed E-state index contributed by atoms with van der Waals surface area (Å²) in [6.07, 6.45) is 1.08. The third-order valence-electron chi connectivity index (χ3n) is 3.44. The van der Waals surface area contributed by atoms with Crippen LogP contribution in [0.25, 0.3) is 0 Å². The van der Waals surface area contributed by atoms with Crippen LogP contribution in [0.15, 0.2) is 48.5 Å². The van der Waals surface area contributed by atoms with E-state index in [9.17, 15) is 0 Å². The second kappa shape index (κ2) is 6.99. The van der Waals surface area contributed by atoms with Gasteiger partial charge in [0.1, 0.15) is 5.75 Å². The molecule has 1 atom stereocenters. The lowest BCUT2D eigenvalue weighted by atomic mass is 10.0. The number of anilines is 1. The van der Waals surface area contributed by atoms with Gasteiger partial charge in [0.25, 0.3) is 0 Å². The maximum absolute atomic E-state index is 5.45. The summed E-state index contributed by atoms with van der Waals surface area (Å²) in [4.78, 5) is 0. The highest BCUT2D eigenvalue weighted by atomic mass is 16.5. The van der Waals surface area contributed by atoms with Crippen molar-refractivity contribution in [3.05, 3.63) is 59.7 Å². The number of rotatable bonds is 6. The van der Waals surface area contributed by atoms with Crippen molar-refractivity contribution in [3.63, 3.8) is 0 Å². The molecule has 0 spiro atoms. The van der Waals surface area contributed by atoms with Gasteiger partial charge in [-0.25, -0.2) is 0 Å². The molecule has 2 aromatic rings. The second-order valence-corrected chi connectivity index (χ2v) is 4.92. The van der Waals surface area contributed by atoms with Crippen LogP contribution in [0.1, 0.15) is 37.9 Å². The summed E-state index contributed by atoms with van der Waals surface area (Å²) in [5.74, 6) is 0.915. The standard InChI is InChI=1S/C18H23NO/c1-4-15-6-8-16(9-7-15)14(3)19-17-10-12-18(13-11-17)20-5-2/h6-14,19H,4-5H2,1-3H3. The van der Waals surface area contributed by atoms with Crippen molar-refractivity contribution in [2.24, 2.45) is 0 Å². The average Bonchev–Trinajstić information content (AvgIpc) is 2.49. The van der Waals surface area contributed by atoms with Gasteiger partial charge in [-0.15, -0.1) is 0 Å². The quantitative estimate of drug-likeness (QED) is 0.811. The summed E-state index contributed by atoms with van der Waals surface area (Å²) in [6, 6.07) is 17.2. The van der Waals surface area contributed by atoms with Gasteiger partial charge in [-0.1, -0.05) is 31.2 Å². The molecular formula is C18H23NO. The first-order valence-corrected chi connectivity index (χ1v) is 7.31. The zero-order valence-corrected chi connectivity index (χ0v) is 12.5. The molecule has 0 saturated carbocycles. The number of hydrogen-bond acceptors (Lipinski definition) is 2. The van der Waals surface area contributed by atoms with Gasteiger partial charge in [0, 0.05) is 11.7 Å². The minimum absolute atomic E-state index is 0.291. The van der Waals surface area contributed by atoms with E-state index in [0.717, 1.165) is 17.9 Å². The molecule has 0 aromatic heterocycles. The van der Waals surface area contributed by atoms with E-state index in [0.29, 0.717) is 12.6 Å². The molecular weight excluding hydrogens is 246 g/mol. The summed E-state index contributed by atoms with van der Waals surface area (Å²) in [7, 11) is 0. The first kappa shape index (κ1) is 14.4. The molecule has 0 fully saturated rings. The molecule has 0 aliphatic rings. The van der Waals surface area contributed by atoms with E-state index in [1.807, 2.05) is 19.1 Å². The van der Waals surface area contributed by atoms with Gasteiger partial charge in [-0.05, 0) is 55.7 Å². The van der Waals surface area contributed by atoms with Crippen molar-refractivity contribution >= 4 is 5.69 Å². The first-order valence-electron chi connectivity index (χ1n) is 7.31. The molecule has 0 heterocycles. The molecule has 0 radical (unpaired) electrons. The zero-order valence-electron chi connectivity index (χ0n) is 12.5. The third-order valence-corrected chi connectivity index (χ3v) is 3.44. The summed E-state index contributed by atoms with van der Waals surface area (Å²) in [5, 5.41) is 3.51. The highest BCUT2D eigenvalue weighted by molar-refractivity contribution is 5.48. The van der Waals surface area contributed by atoms with Crippen molar-refractivity contribution < 1.29 is 4.74 Å². The summed E-state index contributed by atoms with van der Waals surface area (Å²) in [5.41, 5.74) is 3.79. The highest BCUT2D eigenvalue weighted by Gasteiger charge is 2.05. The lowest BCUT2D eigenvalue weighted by molar-refractivity contribution is 0.340. The second-order valence-electron chi connectivity index (χ2n) is 4.92. The number of hydrogen-bond donors (Lipinski definition) is 1. The maximum atomic E-state index is 5.45. The van der Waals surface area contributed by atoms with Crippen molar-refractivity contribution in [3.8, 4) is 5.75 Å². The van der Waals surface area contributed by atoms with Gasteiger partial charge >= 0.3 is 0 Å². The summed E-state index contributed by atoms with van der Waals surface area (Å²) >= 11 is 0. The van der Waals surface area contributed by atoms with Gasteiger partial charge in [-0.3, -0.25) is 0 Å². The van der Waals surface area contributed by atoms with E-state index in [1.165, 1.54) is 11.1 Å². The van der Waals surface area contributed by atoms with Gasteiger partial charge in [0.2, 0.25) is 0 Å². The fourth-order valence-electron chi connectivity index (χ4n) is 2.19. The Morgan fingerprint density at radius 2 is 1.60 bits per heavy atom. The van der Waals surface area contributed by atoms with E-state index in [4.69, 9.17) is 4.74 Å². The van der Waals surface area contributed by atoms with Crippen molar-refractivity contribution in [1.82, 2.24) is 0 Å². The number of ether oxygens (including phenoxy) is 1. The fraction of sp³-hybridized carbons (Fsp3) is 0.333. The molecule has 0 aliphatic carbocycles. The Hall–Kier alpha value is -1.96. The van der Waals surface area contributed by atoms with Crippen LogP contribution in [0.4, 0.5) is 5.69 Å². The monoisotopic (exact) mass is 269 g/mol. The Balaban J connectivity index is 2.00. The average molecular weight is 269 g/mol. The normalized spacial score (nSPS) is 11.9. The summed E-state index contributed by atoms with van der Waals surface area (Å²) < 4.78 is 5.45. The molecule has 0 amide bonds. The predicted octanol–water partition coefficient (Wildman–Crippen LogP) is 4.82.